The van der Waals surface area contributed by atoms with Gasteiger partial charge in [-0.15, -0.1) is 0 Å². The van der Waals surface area contributed by atoms with Crippen LogP contribution in [0.1, 0.15) is 10.4 Å². The molecule has 0 radical (unpaired) electrons. The number of sulfone groups is 1. The molecular weight excluding hydrogens is 651 g/mol. The van der Waals surface area contributed by atoms with Gasteiger partial charge in [0.1, 0.15) is 34.1 Å². The van der Waals surface area contributed by atoms with E-state index in [4.69, 9.17) is 36.9 Å². The van der Waals surface area contributed by atoms with Gasteiger partial charge in [-0.05, 0) is 71.1 Å². The molecule has 3 aromatic carbocycles. The normalized spacial score (nSPS) is 11.3. The molecule has 12 nitrogen and oxygen atoms in total. The lowest BCUT2D eigenvalue weighted by atomic mass is 10.1. The number of aromatic nitrogens is 2. The molecule has 0 bridgehead atoms. The SMILES string of the molecule is Nc1ccc(OCCOCCOc2no[n+]([O-])c2S(=O)(=O)c2ccccc2)c(C(=O)Oc2ccc(-c3cc(=S)ss3)cc2)c1. The lowest BCUT2D eigenvalue weighted by Gasteiger charge is -2.12. The van der Waals surface area contributed by atoms with Crippen molar-refractivity contribution >= 4 is 54.4 Å². The molecule has 5 rings (SSSR count). The molecule has 0 aliphatic rings. The van der Waals surface area contributed by atoms with Crippen molar-refractivity contribution in [1.29, 1.82) is 0 Å². The van der Waals surface area contributed by atoms with Crippen LogP contribution >= 0.6 is 32.9 Å². The molecule has 2 N–H and O–H groups in total. The van der Waals surface area contributed by atoms with Gasteiger partial charge in [-0.3, -0.25) is 4.63 Å². The number of esters is 1. The third-order valence-electron chi connectivity index (χ3n) is 5.84. The molecule has 2 heterocycles. The zero-order chi connectivity index (χ0) is 31.1. The van der Waals surface area contributed by atoms with Gasteiger partial charge in [0.05, 0.1) is 23.3 Å². The topological polar surface area (TPSA) is 167 Å². The summed E-state index contributed by atoms with van der Waals surface area (Å²) in [5.74, 6) is -0.535. The van der Waals surface area contributed by atoms with Crippen molar-refractivity contribution in [1.82, 2.24) is 5.16 Å². The molecule has 0 saturated heterocycles. The maximum atomic E-state index is 12.9. The molecular formula is C28H23N3O9S4. The van der Waals surface area contributed by atoms with E-state index in [1.54, 1.807) is 40.7 Å². The molecule has 0 atom stereocenters. The smallest absolute Gasteiger partial charge is 0.415 e. The van der Waals surface area contributed by atoms with Crippen LogP contribution in [0.5, 0.6) is 17.4 Å². The molecule has 0 spiro atoms. The predicted molar refractivity (Wildman–Crippen MR) is 163 cm³/mol. The Kier molecular flexibility index (Phi) is 9.86. The molecule has 5 aromatic rings. The van der Waals surface area contributed by atoms with Crippen molar-refractivity contribution in [2.24, 2.45) is 0 Å². The summed E-state index contributed by atoms with van der Waals surface area (Å²) in [4.78, 5) is 13.6. The Morgan fingerprint density at radius 1 is 0.955 bits per heavy atom. The zero-order valence-electron chi connectivity index (χ0n) is 22.6. The van der Waals surface area contributed by atoms with Crippen LogP contribution in [-0.4, -0.2) is 46.0 Å². The second kappa shape index (κ2) is 14.0. The van der Waals surface area contributed by atoms with Crippen LogP contribution < -0.4 is 24.8 Å². The number of nitrogens with two attached hydrogens (primary N) is 1. The minimum absolute atomic E-state index is 0.00637. The minimum atomic E-state index is -4.23. The highest BCUT2D eigenvalue weighted by Crippen LogP contribution is 2.31. The number of nitrogen functional groups attached to an aromatic ring is 1. The van der Waals surface area contributed by atoms with Gasteiger partial charge in [0.15, 0.2) is 0 Å². The molecule has 0 amide bonds. The number of nitrogens with zero attached hydrogens (tertiary/aromatic N) is 2. The Labute approximate surface area is 263 Å². The first-order valence-electron chi connectivity index (χ1n) is 12.8. The van der Waals surface area contributed by atoms with Gasteiger partial charge in [-0.25, -0.2) is 13.2 Å². The second-order valence-electron chi connectivity index (χ2n) is 8.83. The van der Waals surface area contributed by atoms with E-state index in [-0.39, 0.29) is 47.5 Å². The summed E-state index contributed by atoms with van der Waals surface area (Å²) in [6.07, 6.45) is 0. The van der Waals surface area contributed by atoms with Gasteiger partial charge >= 0.3 is 16.9 Å². The highest BCUT2D eigenvalue weighted by atomic mass is 32.9. The van der Waals surface area contributed by atoms with E-state index in [2.05, 4.69) is 9.79 Å². The third kappa shape index (κ3) is 7.40. The highest BCUT2D eigenvalue weighted by Gasteiger charge is 2.35. The number of hydrogen-bond donors (Lipinski definition) is 1. The molecule has 228 valence electrons. The Balaban J connectivity index is 1.11. The van der Waals surface area contributed by atoms with E-state index in [0.717, 1.165) is 14.3 Å². The molecule has 0 aliphatic carbocycles. The van der Waals surface area contributed by atoms with Crippen molar-refractivity contribution in [2.45, 2.75) is 9.92 Å². The fraction of sp³-hybridized carbons (Fsp3) is 0.143. The lowest BCUT2D eigenvalue weighted by Crippen LogP contribution is -2.31. The average molecular weight is 674 g/mol. The fourth-order valence-corrected chi connectivity index (χ4v) is 7.50. The number of benzene rings is 3. The maximum absolute atomic E-state index is 12.9. The Bertz CT molecular complexity index is 1900. The summed E-state index contributed by atoms with van der Waals surface area (Å²) in [6.45, 7) is 0.0223. The molecule has 16 heteroatoms. The largest absolute Gasteiger partial charge is 0.490 e. The van der Waals surface area contributed by atoms with Crippen molar-refractivity contribution in [3.8, 4) is 27.8 Å². The number of carbonyl (C=O) groups is 1. The predicted octanol–water partition coefficient (Wildman–Crippen LogP) is 4.94. The Hall–Kier alpha value is -4.35. The Morgan fingerprint density at radius 3 is 2.39 bits per heavy atom. The van der Waals surface area contributed by atoms with Crippen LogP contribution in [0, 0.1) is 9.03 Å². The van der Waals surface area contributed by atoms with Gasteiger partial charge in [0.2, 0.25) is 0 Å². The van der Waals surface area contributed by atoms with Crippen LogP contribution in [0.2, 0.25) is 0 Å². The second-order valence-corrected chi connectivity index (χ2v) is 13.6. The molecule has 0 fully saturated rings. The van der Waals surface area contributed by atoms with Crippen molar-refractivity contribution in [2.75, 3.05) is 32.2 Å². The van der Waals surface area contributed by atoms with Crippen LogP contribution in [0.15, 0.2) is 93.4 Å². The van der Waals surface area contributed by atoms with E-state index in [0.29, 0.717) is 11.4 Å². The first-order chi connectivity index (χ1) is 21.2. The standard InChI is InChI=1S/C28H23N3O9S4/c29-19-8-11-23(22(16-19)28(32)39-20-9-6-18(7-10-20)24-17-25(41)43-42-24)37-14-12-36-13-15-38-26-27(31(33)40-30-26)44(34,35)21-4-2-1-3-5-21/h1-11,16-17H,12-15,29H2. The summed E-state index contributed by atoms with van der Waals surface area (Å²) >= 11 is 5.19. The maximum Gasteiger partial charge on any atom is 0.415 e. The monoisotopic (exact) mass is 673 g/mol. The van der Waals surface area contributed by atoms with E-state index in [1.165, 1.54) is 40.7 Å². The summed E-state index contributed by atoms with van der Waals surface area (Å²) in [5.41, 5.74) is 7.35. The number of rotatable bonds is 13. The quantitative estimate of drug-likeness (QED) is 0.0341. The molecule has 0 saturated carbocycles. The number of anilines is 1. The molecule has 0 unspecified atom stereocenters. The fourth-order valence-electron chi connectivity index (χ4n) is 3.81. The summed E-state index contributed by atoms with van der Waals surface area (Å²) in [6, 6.07) is 21.0. The van der Waals surface area contributed by atoms with Crippen LogP contribution in [0.25, 0.3) is 10.4 Å². The summed E-state index contributed by atoms with van der Waals surface area (Å²) in [7, 11) is -1.13. The van der Waals surface area contributed by atoms with Gasteiger partial charge in [0, 0.05) is 10.6 Å². The lowest BCUT2D eigenvalue weighted by molar-refractivity contribution is -0.832. The first-order valence-corrected chi connectivity index (χ1v) is 16.8. The Morgan fingerprint density at radius 2 is 1.68 bits per heavy atom. The summed E-state index contributed by atoms with van der Waals surface area (Å²) in [5, 5.41) is 14.6. The number of hydrogen-bond acceptors (Lipinski definition) is 14. The van der Waals surface area contributed by atoms with Crippen molar-refractivity contribution in [3.63, 3.8) is 0 Å². The number of carbonyl (C=O) groups excluding carboxylic acids is 1. The van der Waals surface area contributed by atoms with Crippen molar-refractivity contribution < 1.29 is 41.7 Å². The zero-order valence-corrected chi connectivity index (χ0v) is 25.9. The van der Waals surface area contributed by atoms with Crippen LogP contribution in [0.4, 0.5) is 5.69 Å². The minimum Gasteiger partial charge on any atom is -0.490 e. The third-order valence-corrected chi connectivity index (χ3v) is 10.5. The van der Waals surface area contributed by atoms with Gasteiger partial charge in [-0.2, -0.15) is 0 Å². The van der Waals surface area contributed by atoms with Crippen LogP contribution in [0.3, 0.4) is 0 Å². The molecule has 2 aromatic heterocycles. The molecule has 0 aliphatic heterocycles. The van der Waals surface area contributed by atoms with Crippen LogP contribution in [-0.2, 0) is 14.6 Å². The molecule has 44 heavy (non-hydrogen) atoms. The van der Waals surface area contributed by atoms with Crippen molar-refractivity contribution in [3.05, 3.63) is 93.5 Å². The van der Waals surface area contributed by atoms with E-state index in [9.17, 15) is 18.4 Å². The van der Waals surface area contributed by atoms with Gasteiger partial charge < -0.3 is 29.9 Å². The van der Waals surface area contributed by atoms with E-state index >= 15 is 0 Å². The van der Waals surface area contributed by atoms with E-state index in [1.807, 2.05) is 18.2 Å². The van der Waals surface area contributed by atoms with Gasteiger partial charge in [-0.1, -0.05) is 51.1 Å². The average Bonchev–Trinajstić information content (AvgIpc) is 3.63. The highest BCUT2D eigenvalue weighted by molar-refractivity contribution is 7.91. The van der Waals surface area contributed by atoms with E-state index < -0.39 is 26.7 Å². The number of ether oxygens (including phenoxy) is 4. The van der Waals surface area contributed by atoms with Gasteiger partial charge in [0.25, 0.3) is 9.84 Å². The first kappa shape index (κ1) is 31.1. The summed E-state index contributed by atoms with van der Waals surface area (Å²) < 4.78 is 53.0.